The van der Waals surface area contributed by atoms with Crippen LogP contribution in [0, 0.1) is 6.92 Å². The van der Waals surface area contributed by atoms with E-state index in [-0.39, 0.29) is 36.2 Å². The standard InChI is InChI=1S/C24H32N4O5S.ClH/c1-17-8-12-20(13-9-17)34(32,33)28-21(24(30)31)14-16-25-22(29)7-3-2-6-19-11-10-18-5-4-15-26-23(18)27-19;/h8-13,21,28H,2-7,14-16H2,1H3,(H,25,29)(H,26,27)(H,30,31);1H. The van der Waals surface area contributed by atoms with Crippen LogP contribution in [0.3, 0.4) is 0 Å². The molecule has 35 heavy (non-hydrogen) atoms. The van der Waals surface area contributed by atoms with Gasteiger partial charge < -0.3 is 15.7 Å². The van der Waals surface area contributed by atoms with Gasteiger partial charge in [0, 0.05) is 25.2 Å². The lowest BCUT2D eigenvalue weighted by molar-refractivity contribution is -0.139. The molecule has 0 fully saturated rings. The summed E-state index contributed by atoms with van der Waals surface area (Å²) < 4.78 is 27.1. The van der Waals surface area contributed by atoms with Crippen LogP contribution in [0.1, 0.15) is 48.9 Å². The number of aromatic nitrogens is 1. The van der Waals surface area contributed by atoms with E-state index in [2.05, 4.69) is 26.4 Å². The van der Waals surface area contributed by atoms with Crippen LogP contribution in [0.5, 0.6) is 0 Å². The van der Waals surface area contributed by atoms with Crippen molar-refractivity contribution in [2.45, 2.75) is 62.8 Å². The van der Waals surface area contributed by atoms with Gasteiger partial charge in [-0.05, 0) is 69.2 Å². The maximum atomic E-state index is 12.5. The molecule has 1 aliphatic rings. The molecule has 1 aliphatic heterocycles. The van der Waals surface area contributed by atoms with E-state index in [4.69, 9.17) is 0 Å². The summed E-state index contributed by atoms with van der Waals surface area (Å²) in [5, 5.41) is 15.4. The van der Waals surface area contributed by atoms with Crippen molar-refractivity contribution in [3.05, 3.63) is 53.2 Å². The number of unbranched alkanes of at least 4 members (excludes halogenated alkanes) is 1. The molecule has 2 heterocycles. The molecule has 1 atom stereocenters. The van der Waals surface area contributed by atoms with Gasteiger partial charge in [0.25, 0.3) is 0 Å². The minimum Gasteiger partial charge on any atom is -0.480 e. The molecule has 1 aromatic heterocycles. The van der Waals surface area contributed by atoms with E-state index in [0.29, 0.717) is 12.8 Å². The Morgan fingerprint density at radius 1 is 1.14 bits per heavy atom. The highest BCUT2D eigenvalue weighted by atomic mass is 35.5. The largest absolute Gasteiger partial charge is 0.480 e. The maximum Gasteiger partial charge on any atom is 0.321 e. The number of hydrogen-bond donors (Lipinski definition) is 4. The number of amides is 1. The minimum absolute atomic E-state index is 0. The molecular weight excluding hydrogens is 492 g/mol. The zero-order valence-electron chi connectivity index (χ0n) is 19.7. The molecule has 11 heteroatoms. The second-order valence-electron chi connectivity index (χ2n) is 8.51. The molecule has 0 radical (unpaired) electrons. The number of carbonyl (C=O) groups excluding carboxylic acids is 1. The first-order chi connectivity index (χ1) is 16.2. The zero-order chi connectivity index (χ0) is 24.6. The van der Waals surface area contributed by atoms with E-state index < -0.39 is 22.0 Å². The summed E-state index contributed by atoms with van der Waals surface area (Å²) in [5.74, 6) is -0.518. The van der Waals surface area contributed by atoms with Gasteiger partial charge in [-0.2, -0.15) is 4.72 Å². The van der Waals surface area contributed by atoms with Gasteiger partial charge in [0.05, 0.1) is 4.90 Å². The van der Waals surface area contributed by atoms with Crippen molar-refractivity contribution in [3.63, 3.8) is 0 Å². The molecule has 192 valence electrons. The summed E-state index contributed by atoms with van der Waals surface area (Å²) in [4.78, 5) is 28.3. The molecule has 0 spiro atoms. The number of aryl methyl sites for hydroxylation is 3. The van der Waals surface area contributed by atoms with Crippen LogP contribution >= 0.6 is 12.4 Å². The third kappa shape index (κ3) is 8.79. The number of anilines is 1. The fraction of sp³-hybridized carbons (Fsp3) is 0.458. The molecule has 1 unspecified atom stereocenters. The number of carboxylic acids is 1. The highest BCUT2D eigenvalue weighted by Crippen LogP contribution is 2.20. The normalized spacial score (nSPS) is 13.6. The number of hydrogen-bond acceptors (Lipinski definition) is 6. The number of nitrogens with one attached hydrogen (secondary N) is 3. The number of carboxylic acid groups (broad SMARTS) is 1. The molecule has 1 amide bonds. The SMILES string of the molecule is Cc1ccc(S(=O)(=O)NC(CCNC(=O)CCCCc2ccc3c(n2)NCCC3)C(=O)O)cc1.Cl. The fourth-order valence-corrected chi connectivity index (χ4v) is 4.97. The lowest BCUT2D eigenvalue weighted by Gasteiger charge is -2.17. The van der Waals surface area contributed by atoms with Crippen LogP contribution in [0.25, 0.3) is 0 Å². The molecular formula is C24H33ClN4O5S. The first kappa shape index (κ1) is 28.5. The Morgan fingerprint density at radius 3 is 2.60 bits per heavy atom. The van der Waals surface area contributed by atoms with Crippen LogP contribution in [-0.4, -0.2) is 49.5 Å². The van der Waals surface area contributed by atoms with Crippen molar-refractivity contribution >= 4 is 40.1 Å². The van der Waals surface area contributed by atoms with E-state index >= 15 is 0 Å². The predicted octanol–water partition coefficient (Wildman–Crippen LogP) is 2.82. The fourth-order valence-electron chi connectivity index (χ4n) is 3.75. The monoisotopic (exact) mass is 524 g/mol. The van der Waals surface area contributed by atoms with Crippen LogP contribution < -0.4 is 15.4 Å². The third-order valence-corrected chi connectivity index (χ3v) is 7.21. The van der Waals surface area contributed by atoms with Crippen LogP contribution in [0.4, 0.5) is 5.82 Å². The Labute approximate surface area is 212 Å². The molecule has 3 rings (SSSR count). The number of benzene rings is 1. The number of aliphatic carboxylic acids is 1. The van der Waals surface area contributed by atoms with Gasteiger partial charge in [-0.3, -0.25) is 9.59 Å². The summed E-state index contributed by atoms with van der Waals surface area (Å²) in [6, 6.07) is 8.95. The van der Waals surface area contributed by atoms with Gasteiger partial charge in [0.1, 0.15) is 11.9 Å². The first-order valence-corrected chi connectivity index (χ1v) is 13.0. The van der Waals surface area contributed by atoms with Crippen molar-refractivity contribution in [2.75, 3.05) is 18.4 Å². The summed E-state index contributed by atoms with van der Waals surface area (Å²) in [7, 11) is -3.98. The number of fused-ring (bicyclic) bond motifs is 1. The lowest BCUT2D eigenvalue weighted by Crippen LogP contribution is -2.43. The van der Waals surface area contributed by atoms with Crippen molar-refractivity contribution in [2.24, 2.45) is 0 Å². The molecule has 0 aliphatic carbocycles. The molecule has 0 saturated heterocycles. The summed E-state index contributed by atoms with van der Waals surface area (Å²) in [5.41, 5.74) is 3.14. The van der Waals surface area contributed by atoms with E-state index in [1.807, 2.05) is 13.0 Å². The Morgan fingerprint density at radius 2 is 1.89 bits per heavy atom. The topological polar surface area (TPSA) is 137 Å². The van der Waals surface area contributed by atoms with Gasteiger partial charge in [0.15, 0.2) is 0 Å². The molecule has 4 N–H and O–H groups in total. The average Bonchev–Trinajstić information content (AvgIpc) is 2.81. The van der Waals surface area contributed by atoms with Crippen LogP contribution in [0.15, 0.2) is 41.3 Å². The number of carbonyl (C=O) groups is 2. The minimum atomic E-state index is -3.98. The summed E-state index contributed by atoms with van der Waals surface area (Å²) in [6.45, 7) is 2.83. The van der Waals surface area contributed by atoms with Crippen molar-refractivity contribution < 1.29 is 23.1 Å². The quantitative estimate of drug-likeness (QED) is 0.313. The van der Waals surface area contributed by atoms with E-state index in [0.717, 1.165) is 49.3 Å². The van der Waals surface area contributed by atoms with Crippen LogP contribution in [0.2, 0.25) is 0 Å². The smallest absolute Gasteiger partial charge is 0.321 e. The van der Waals surface area contributed by atoms with E-state index in [1.165, 1.54) is 17.7 Å². The molecule has 0 saturated carbocycles. The van der Waals surface area contributed by atoms with E-state index in [9.17, 15) is 23.1 Å². The average molecular weight is 525 g/mol. The van der Waals surface area contributed by atoms with Crippen molar-refractivity contribution in [3.8, 4) is 0 Å². The molecule has 2 aromatic rings. The predicted molar refractivity (Wildman–Crippen MR) is 136 cm³/mol. The highest BCUT2D eigenvalue weighted by molar-refractivity contribution is 7.89. The number of nitrogens with zero attached hydrogens (tertiary/aromatic N) is 1. The summed E-state index contributed by atoms with van der Waals surface area (Å²) in [6.07, 6.45) is 4.70. The number of halogens is 1. The Hall–Kier alpha value is -2.69. The van der Waals surface area contributed by atoms with Crippen molar-refractivity contribution in [1.29, 1.82) is 0 Å². The zero-order valence-corrected chi connectivity index (χ0v) is 21.4. The molecule has 9 nitrogen and oxygen atoms in total. The third-order valence-electron chi connectivity index (χ3n) is 5.72. The van der Waals surface area contributed by atoms with Gasteiger partial charge in [-0.1, -0.05) is 23.8 Å². The van der Waals surface area contributed by atoms with Gasteiger partial charge in [-0.15, -0.1) is 12.4 Å². The van der Waals surface area contributed by atoms with Gasteiger partial charge in [0.2, 0.25) is 15.9 Å². The second-order valence-corrected chi connectivity index (χ2v) is 10.2. The molecule has 1 aromatic carbocycles. The Bertz CT molecular complexity index is 1110. The highest BCUT2D eigenvalue weighted by Gasteiger charge is 2.25. The Kier molecular flexibility index (Phi) is 10.9. The summed E-state index contributed by atoms with van der Waals surface area (Å²) >= 11 is 0. The maximum absolute atomic E-state index is 12.5. The van der Waals surface area contributed by atoms with Crippen molar-refractivity contribution in [1.82, 2.24) is 15.0 Å². The van der Waals surface area contributed by atoms with Gasteiger partial charge in [-0.25, -0.2) is 13.4 Å². The van der Waals surface area contributed by atoms with E-state index in [1.54, 1.807) is 12.1 Å². The number of rotatable bonds is 12. The number of pyridine rings is 1. The van der Waals surface area contributed by atoms with Crippen LogP contribution in [-0.2, 0) is 32.5 Å². The van der Waals surface area contributed by atoms with Gasteiger partial charge >= 0.3 is 5.97 Å². The number of sulfonamides is 1. The first-order valence-electron chi connectivity index (χ1n) is 11.6. The second kappa shape index (κ2) is 13.4. The lowest BCUT2D eigenvalue weighted by atomic mass is 10.1. The Balaban J connectivity index is 0.00000432. The molecule has 0 bridgehead atoms.